The molecule has 8 heteroatoms. The Morgan fingerprint density at radius 3 is 2.71 bits per heavy atom. The summed E-state index contributed by atoms with van der Waals surface area (Å²) in [5.41, 5.74) is 5.60. The SMILES string of the molecule is CSCC[C@H](N)C(=O)O[N+]1([O-])CCN([O-])CC1. The molecule has 0 amide bonds. The number of hydroxylamine groups is 6. The van der Waals surface area contributed by atoms with Gasteiger partial charge >= 0.3 is 5.97 Å². The van der Waals surface area contributed by atoms with E-state index in [4.69, 9.17) is 10.6 Å². The molecule has 0 bridgehead atoms. The smallest absolute Gasteiger partial charge is 0.383 e. The summed E-state index contributed by atoms with van der Waals surface area (Å²) in [6.45, 7) is 0.0859. The first-order valence-corrected chi connectivity index (χ1v) is 6.84. The molecular formula is C9H18N3O4S-. The number of hydrogen-bond acceptors (Lipinski definition) is 7. The topological polar surface area (TPSA) is 102 Å². The molecule has 0 saturated carbocycles. The Morgan fingerprint density at radius 2 is 2.18 bits per heavy atom. The molecule has 0 aromatic carbocycles. The molecule has 0 aromatic heterocycles. The summed E-state index contributed by atoms with van der Waals surface area (Å²) >= 11 is 1.57. The van der Waals surface area contributed by atoms with Crippen molar-refractivity contribution in [2.24, 2.45) is 5.73 Å². The second-order valence-electron chi connectivity index (χ2n) is 3.99. The van der Waals surface area contributed by atoms with Gasteiger partial charge in [-0.2, -0.15) is 16.6 Å². The number of hydrogen-bond donors (Lipinski definition) is 1. The van der Waals surface area contributed by atoms with Gasteiger partial charge in [0.05, 0.1) is 0 Å². The van der Waals surface area contributed by atoms with E-state index in [-0.39, 0.29) is 26.2 Å². The molecule has 1 aliphatic rings. The predicted molar refractivity (Wildman–Crippen MR) is 65.4 cm³/mol. The second kappa shape index (κ2) is 6.53. The number of thioether (sulfide) groups is 1. The second-order valence-corrected chi connectivity index (χ2v) is 4.97. The first-order valence-electron chi connectivity index (χ1n) is 5.45. The molecule has 1 heterocycles. The van der Waals surface area contributed by atoms with E-state index in [1.807, 2.05) is 6.26 Å². The van der Waals surface area contributed by atoms with Gasteiger partial charge in [-0.3, -0.25) is 4.84 Å². The van der Waals surface area contributed by atoms with E-state index >= 15 is 0 Å². The predicted octanol–water partition coefficient (Wildman–Crippen LogP) is -0.347. The molecule has 1 rings (SSSR count). The van der Waals surface area contributed by atoms with Crippen LogP contribution in [-0.2, 0) is 9.63 Å². The fraction of sp³-hybridized carbons (Fsp3) is 0.889. The molecule has 0 aliphatic carbocycles. The highest BCUT2D eigenvalue weighted by atomic mass is 32.2. The lowest BCUT2D eigenvalue weighted by molar-refractivity contribution is -1.05. The van der Waals surface area contributed by atoms with E-state index in [1.54, 1.807) is 11.8 Å². The van der Waals surface area contributed by atoms with Crippen LogP contribution in [0.25, 0.3) is 0 Å². The maximum atomic E-state index is 11.9. The largest absolute Gasteiger partial charge is 0.785 e. The van der Waals surface area contributed by atoms with Gasteiger partial charge in [-0.05, 0) is 18.4 Å². The number of carbonyl (C=O) groups is 1. The van der Waals surface area contributed by atoms with E-state index in [0.717, 1.165) is 10.8 Å². The lowest BCUT2D eigenvalue weighted by Gasteiger charge is -2.46. The minimum Gasteiger partial charge on any atom is -0.785 e. The van der Waals surface area contributed by atoms with E-state index in [0.29, 0.717) is 6.42 Å². The van der Waals surface area contributed by atoms with Crippen LogP contribution in [0, 0.1) is 10.4 Å². The fourth-order valence-corrected chi connectivity index (χ4v) is 1.93. The standard InChI is InChI=1S/C9H18N3O4S/c1-17-7-2-8(10)9(13)16-12(15)5-3-11(14)4-6-12/h8H,2-7,10H2,1H3/q-1/t8-/m0/s1. The summed E-state index contributed by atoms with van der Waals surface area (Å²) in [4.78, 5) is 15.3. The summed E-state index contributed by atoms with van der Waals surface area (Å²) in [6.07, 6.45) is 2.39. The summed E-state index contributed by atoms with van der Waals surface area (Å²) in [5, 5.41) is 23.6. The lowest BCUT2D eigenvalue weighted by atomic mass is 10.2. The van der Waals surface area contributed by atoms with Crippen LogP contribution in [0.2, 0.25) is 0 Å². The monoisotopic (exact) mass is 264 g/mol. The zero-order chi connectivity index (χ0) is 12.9. The zero-order valence-electron chi connectivity index (χ0n) is 9.83. The summed E-state index contributed by atoms with van der Waals surface area (Å²) < 4.78 is 0. The lowest BCUT2D eigenvalue weighted by Crippen LogP contribution is -2.56. The average Bonchev–Trinajstić information content (AvgIpc) is 2.30. The molecule has 1 atom stereocenters. The molecule has 0 spiro atoms. The number of rotatable bonds is 5. The summed E-state index contributed by atoms with van der Waals surface area (Å²) in [5.74, 6) is 0.0529. The minimum atomic E-state index is -1.09. The van der Waals surface area contributed by atoms with Gasteiger partial charge in [0.25, 0.3) is 0 Å². The van der Waals surface area contributed by atoms with Gasteiger partial charge in [0.1, 0.15) is 19.1 Å². The van der Waals surface area contributed by atoms with Crippen molar-refractivity contribution in [2.45, 2.75) is 12.5 Å². The molecule has 2 N–H and O–H groups in total. The van der Waals surface area contributed by atoms with Crippen LogP contribution in [0.1, 0.15) is 6.42 Å². The van der Waals surface area contributed by atoms with Gasteiger partial charge in [-0.25, -0.2) is 4.79 Å². The third-order valence-corrected chi connectivity index (χ3v) is 3.22. The fourth-order valence-electron chi connectivity index (χ4n) is 1.44. The van der Waals surface area contributed by atoms with E-state index < -0.39 is 16.8 Å². The molecule has 0 radical (unpaired) electrons. The Hall–Kier alpha value is -0.380. The van der Waals surface area contributed by atoms with Crippen molar-refractivity contribution < 1.29 is 14.4 Å². The molecule has 100 valence electrons. The molecule has 0 unspecified atom stereocenters. The third-order valence-electron chi connectivity index (χ3n) is 2.57. The molecule has 1 saturated heterocycles. The van der Waals surface area contributed by atoms with Crippen LogP contribution < -0.4 is 5.73 Å². The highest BCUT2D eigenvalue weighted by Gasteiger charge is 2.29. The van der Waals surface area contributed by atoms with Crippen molar-refractivity contribution in [1.29, 1.82) is 0 Å². The van der Waals surface area contributed by atoms with Crippen LogP contribution in [0.3, 0.4) is 0 Å². The zero-order valence-corrected chi connectivity index (χ0v) is 10.6. The van der Waals surface area contributed by atoms with E-state index in [2.05, 4.69) is 0 Å². The number of piperazine rings is 1. The Bertz CT molecular complexity index is 259. The van der Waals surface area contributed by atoms with Crippen LogP contribution in [0.15, 0.2) is 0 Å². The van der Waals surface area contributed by atoms with E-state index in [1.165, 1.54) is 0 Å². The van der Waals surface area contributed by atoms with E-state index in [9.17, 15) is 15.2 Å². The molecule has 17 heavy (non-hydrogen) atoms. The maximum absolute atomic E-state index is 11.9. The summed E-state index contributed by atoms with van der Waals surface area (Å²) in [7, 11) is 0. The minimum absolute atomic E-state index is 0.0372. The van der Waals surface area contributed by atoms with Gasteiger partial charge in [0.2, 0.25) is 0 Å². The van der Waals surface area contributed by atoms with Crippen LogP contribution >= 0.6 is 11.8 Å². The van der Waals surface area contributed by atoms with Gasteiger partial charge in [-0.1, -0.05) is 0 Å². The quantitative estimate of drug-likeness (QED) is 0.535. The van der Waals surface area contributed by atoms with Gasteiger partial charge in [0, 0.05) is 13.1 Å². The highest BCUT2D eigenvalue weighted by molar-refractivity contribution is 7.98. The Kier molecular flexibility index (Phi) is 5.63. The van der Waals surface area contributed by atoms with Crippen molar-refractivity contribution in [3.05, 3.63) is 10.4 Å². The molecule has 1 aliphatic heterocycles. The van der Waals surface area contributed by atoms with Crippen molar-refractivity contribution in [2.75, 3.05) is 38.2 Å². The van der Waals surface area contributed by atoms with Gasteiger partial charge in [-0.15, -0.1) is 0 Å². The Balaban J connectivity index is 2.39. The van der Waals surface area contributed by atoms with Crippen molar-refractivity contribution >= 4 is 17.7 Å². The first-order chi connectivity index (χ1) is 7.97. The van der Waals surface area contributed by atoms with Crippen molar-refractivity contribution in [3.8, 4) is 0 Å². The van der Waals surface area contributed by atoms with Crippen LogP contribution in [0.5, 0.6) is 0 Å². The normalized spacial score (nSPS) is 22.1. The Labute approximate surface area is 105 Å². The van der Waals surface area contributed by atoms with Crippen molar-refractivity contribution in [3.63, 3.8) is 0 Å². The van der Waals surface area contributed by atoms with Crippen LogP contribution in [-0.4, -0.2) is 60.1 Å². The third kappa shape index (κ3) is 4.78. The first kappa shape index (κ1) is 14.7. The number of carbonyl (C=O) groups excluding carboxylic acids is 1. The molecule has 7 nitrogen and oxygen atoms in total. The molecular weight excluding hydrogens is 246 g/mol. The maximum Gasteiger partial charge on any atom is 0.383 e. The molecule has 0 aromatic rings. The number of nitrogens with two attached hydrogens (primary N) is 1. The number of nitrogens with zero attached hydrogens (tertiary/aromatic N) is 2. The van der Waals surface area contributed by atoms with Gasteiger partial charge < -0.3 is 21.2 Å². The Morgan fingerprint density at radius 1 is 1.59 bits per heavy atom. The average molecular weight is 264 g/mol. The number of quaternary nitrogens is 1. The summed E-state index contributed by atoms with van der Waals surface area (Å²) in [6, 6.07) is -0.767. The van der Waals surface area contributed by atoms with Gasteiger partial charge in [0.15, 0.2) is 0 Å². The van der Waals surface area contributed by atoms with Crippen molar-refractivity contribution in [1.82, 2.24) is 5.06 Å². The van der Waals surface area contributed by atoms with Crippen LogP contribution in [0.4, 0.5) is 0 Å². The molecule has 1 fully saturated rings. The highest BCUT2D eigenvalue weighted by Crippen LogP contribution is 2.13.